The zero-order chi connectivity index (χ0) is 14.5. The number of nitriles is 1. The molecule has 1 aromatic heterocycles. The topological polar surface area (TPSA) is 43.2 Å². The molecule has 0 unspecified atom stereocenters. The van der Waals surface area contributed by atoms with E-state index in [1.807, 2.05) is 12.1 Å². The summed E-state index contributed by atoms with van der Waals surface area (Å²) in [5, 5.41) is 8.93. The first-order valence-electron chi connectivity index (χ1n) is 7.22. The van der Waals surface area contributed by atoms with E-state index in [-0.39, 0.29) is 0 Å². The standard InChI is InChI=1S/C17H18N4/c18-13-16-12-17(6-7-19-16)21-10-8-20(9-11-21)14-15-4-2-1-3-5-15/h1-7,12H,8-11,14H2. The predicted octanol–water partition coefficient (Wildman–Crippen LogP) is 2.28. The third-order valence-corrected chi connectivity index (χ3v) is 3.84. The van der Waals surface area contributed by atoms with Gasteiger partial charge in [-0.2, -0.15) is 5.26 Å². The van der Waals surface area contributed by atoms with Gasteiger partial charge in [0.05, 0.1) is 0 Å². The number of hydrogen-bond acceptors (Lipinski definition) is 4. The molecule has 1 aliphatic rings. The van der Waals surface area contributed by atoms with Crippen molar-refractivity contribution < 1.29 is 0 Å². The fourth-order valence-electron chi connectivity index (χ4n) is 2.68. The normalized spacial score (nSPS) is 15.7. The van der Waals surface area contributed by atoms with Crippen LogP contribution in [0.3, 0.4) is 0 Å². The van der Waals surface area contributed by atoms with E-state index in [2.05, 4.69) is 51.2 Å². The van der Waals surface area contributed by atoms with Crippen molar-refractivity contribution in [1.29, 1.82) is 5.26 Å². The highest BCUT2D eigenvalue weighted by atomic mass is 15.3. The van der Waals surface area contributed by atoms with E-state index in [1.165, 1.54) is 5.56 Å². The molecule has 1 aliphatic heterocycles. The van der Waals surface area contributed by atoms with E-state index in [9.17, 15) is 0 Å². The van der Waals surface area contributed by atoms with Gasteiger partial charge in [0.2, 0.25) is 0 Å². The quantitative estimate of drug-likeness (QED) is 0.864. The van der Waals surface area contributed by atoms with Crippen LogP contribution in [0.4, 0.5) is 5.69 Å². The third-order valence-electron chi connectivity index (χ3n) is 3.84. The monoisotopic (exact) mass is 278 g/mol. The maximum Gasteiger partial charge on any atom is 0.142 e. The summed E-state index contributed by atoms with van der Waals surface area (Å²) in [6, 6.07) is 16.5. The minimum atomic E-state index is 0.485. The smallest absolute Gasteiger partial charge is 0.142 e. The highest BCUT2D eigenvalue weighted by Crippen LogP contribution is 2.17. The fourth-order valence-corrected chi connectivity index (χ4v) is 2.68. The van der Waals surface area contributed by atoms with Crippen molar-refractivity contribution in [2.75, 3.05) is 31.1 Å². The Morgan fingerprint density at radius 3 is 2.52 bits per heavy atom. The summed E-state index contributed by atoms with van der Waals surface area (Å²) >= 11 is 0. The number of nitrogens with zero attached hydrogens (tertiary/aromatic N) is 4. The first kappa shape index (κ1) is 13.6. The Bertz CT molecular complexity index is 625. The molecule has 1 aromatic carbocycles. The second-order valence-electron chi connectivity index (χ2n) is 5.26. The van der Waals surface area contributed by atoms with Gasteiger partial charge in [-0.3, -0.25) is 4.90 Å². The molecule has 0 spiro atoms. The molecule has 0 atom stereocenters. The van der Waals surface area contributed by atoms with Crippen LogP contribution in [0.5, 0.6) is 0 Å². The van der Waals surface area contributed by atoms with Crippen molar-refractivity contribution in [2.24, 2.45) is 0 Å². The lowest BCUT2D eigenvalue weighted by Gasteiger charge is -2.36. The zero-order valence-electron chi connectivity index (χ0n) is 11.9. The van der Waals surface area contributed by atoms with Gasteiger partial charge in [0.15, 0.2) is 0 Å². The summed E-state index contributed by atoms with van der Waals surface area (Å²) in [6.07, 6.45) is 1.71. The van der Waals surface area contributed by atoms with Crippen molar-refractivity contribution in [3.05, 3.63) is 59.9 Å². The Hall–Kier alpha value is -2.38. The van der Waals surface area contributed by atoms with Crippen LogP contribution < -0.4 is 4.90 Å². The van der Waals surface area contributed by atoms with Crippen molar-refractivity contribution >= 4 is 5.69 Å². The Balaban J connectivity index is 1.59. The summed E-state index contributed by atoms with van der Waals surface area (Å²) in [6.45, 7) is 5.07. The molecular formula is C17H18N4. The van der Waals surface area contributed by atoms with Crippen molar-refractivity contribution in [2.45, 2.75) is 6.54 Å². The highest BCUT2D eigenvalue weighted by Gasteiger charge is 2.17. The molecule has 3 rings (SSSR count). The van der Waals surface area contributed by atoms with Crippen LogP contribution in [0, 0.1) is 11.3 Å². The summed E-state index contributed by atoms with van der Waals surface area (Å²) in [4.78, 5) is 8.82. The number of anilines is 1. The van der Waals surface area contributed by atoms with Gasteiger partial charge in [0.25, 0.3) is 0 Å². The van der Waals surface area contributed by atoms with Gasteiger partial charge in [0.1, 0.15) is 11.8 Å². The number of rotatable bonds is 3. The van der Waals surface area contributed by atoms with Crippen LogP contribution in [0.15, 0.2) is 48.7 Å². The average Bonchev–Trinajstić information content (AvgIpc) is 2.56. The van der Waals surface area contributed by atoms with Gasteiger partial charge in [-0.1, -0.05) is 30.3 Å². The van der Waals surface area contributed by atoms with Crippen LogP contribution >= 0.6 is 0 Å². The molecule has 0 amide bonds. The lowest BCUT2D eigenvalue weighted by Crippen LogP contribution is -2.46. The molecule has 0 bridgehead atoms. The van der Waals surface area contributed by atoms with Crippen LogP contribution in [0.1, 0.15) is 11.3 Å². The highest BCUT2D eigenvalue weighted by molar-refractivity contribution is 5.49. The summed E-state index contributed by atoms with van der Waals surface area (Å²) in [5.74, 6) is 0. The summed E-state index contributed by atoms with van der Waals surface area (Å²) < 4.78 is 0. The lowest BCUT2D eigenvalue weighted by molar-refractivity contribution is 0.250. The molecule has 1 saturated heterocycles. The molecular weight excluding hydrogens is 260 g/mol. The molecule has 4 heteroatoms. The fraction of sp³-hybridized carbons (Fsp3) is 0.294. The Kier molecular flexibility index (Phi) is 4.13. The second-order valence-corrected chi connectivity index (χ2v) is 5.26. The average molecular weight is 278 g/mol. The Labute approximate surface area is 125 Å². The minimum absolute atomic E-state index is 0.485. The second kappa shape index (κ2) is 6.38. The van der Waals surface area contributed by atoms with Crippen molar-refractivity contribution in [1.82, 2.24) is 9.88 Å². The van der Waals surface area contributed by atoms with E-state index < -0.39 is 0 Å². The molecule has 0 aliphatic carbocycles. The van der Waals surface area contributed by atoms with E-state index in [0.29, 0.717) is 5.69 Å². The Morgan fingerprint density at radius 1 is 1.05 bits per heavy atom. The van der Waals surface area contributed by atoms with E-state index in [1.54, 1.807) is 6.20 Å². The van der Waals surface area contributed by atoms with Crippen molar-refractivity contribution in [3.8, 4) is 6.07 Å². The molecule has 0 saturated carbocycles. The van der Waals surface area contributed by atoms with Crippen LogP contribution in [0.25, 0.3) is 0 Å². The molecule has 2 aromatic rings. The van der Waals surface area contributed by atoms with Crippen LogP contribution in [-0.4, -0.2) is 36.1 Å². The summed E-state index contributed by atoms with van der Waals surface area (Å²) in [5.41, 5.74) is 2.95. The maximum atomic E-state index is 8.93. The maximum absolute atomic E-state index is 8.93. The van der Waals surface area contributed by atoms with E-state index in [0.717, 1.165) is 38.4 Å². The zero-order valence-corrected chi connectivity index (χ0v) is 11.9. The number of aromatic nitrogens is 1. The SMILES string of the molecule is N#Cc1cc(N2CCN(Cc3ccccc3)CC2)ccn1. The Morgan fingerprint density at radius 2 is 1.81 bits per heavy atom. The molecule has 1 fully saturated rings. The third kappa shape index (κ3) is 3.39. The molecule has 106 valence electrons. The van der Waals surface area contributed by atoms with Gasteiger partial charge < -0.3 is 4.90 Å². The van der Waals surface area contributed by atoms with Gasteiger partial charge in [-0.05, 0) is 17.7 Å². The molecule has 4 nitrogen and oxygen atoms in total. The van der Waals surface area contributed by atoms with Crippen molar-refractivity contribution in [3.63, 3.8) is 0 Å². The van der Waals surface area contributed by atoms with Crippen LogP contribution in [0.2, 0.25) is 0 Å². The molecule has 0 N–H and O–H groups in total. The number of pyridine rings is 1. The van der Waals surface area contributed by atoms with Gasteiger partial charge in [0, 0.05) is 44.6 Å². The largest absolute Gasteiger partial charge is 0.369 e. The lowest BCUT2D eigenvalue weighted by atomic mass is 10.2. The first-order chi connectivity index (χ1) is 10.3. The molecule has 0 radical (unpaired) electrons. The van der Waals surface area contributed by atoms with E-state index in [4.69, 9.17) is 5.26 Å². The van der Waals surface area contributed by atoms with Gasteiger partial charge in [-0.15, -0.1) is 0 Å². The van der Waals surface area contributed by atoms with E-state index >= 15 is 0 Å². The summed E-state index contributed by atoms with van der Waals surface area (Å²) in [7, 11) is 0. The van der Waals surface area contributed by atoms with Gasteiger partial charge in [-0.25, -0.2) is 4.98 Å². The van der Waals surface area contributed by atoms with Crippen LogP contribution in [-0.2, 0) is 6.54 Å². The molecule has 21 heavy (non-hydrogen) atoms. The molecule has 2 heterocycles. The van der Waals surface area contributed by atoms with Gasteiger partial charge >= 0.3 is 0 Å². The number of benzene rings is 1. The predicted molar refractivity (Wildman–Crippen MR) is 82.9 cm³/mol. The first-order valence-corrected chi connectivity index (χ1v) is 7.22. The number of piperazine rings is 1. The number of hydrogen-bond donors (Lipinski definition) is 0. The minimum Gasteiger partial charge on any atom is -0.369 e.